The fraction of sp³-hybridized carbons (Fsp3) is 0.607. The Kier molecular flexibility index (Phi) is 7.30. The molecule has 0 unspecified atom stereocenters. The largest absolute Gasteiger partial charge is 0.467 e. The highest BCUT2D eigenvalue weighted by Crippen LogP contribution is 2.60. The molecule has 10 heteroatoms. The van der Waals surface area contributed by atoms with Gasteiger partial charge in [0.25, 0.3) is 5.79 Å². The third kappa shape index (κ3) is 5.46. The molecule has 4 aliphatic carbocycles. The maximum Gasteiger partial charge on any atom is 0.408 e. The van der Waals surface area contributed by atoms with E-state index in [4.69, 9.17) is 18.9 Å². The van der Waals surface area contributed by atoms with Crippen molar-refractivity contribution >= 4 is 48.2 Å². The number of esters is 3. The molecule has 1 amide bonds. The summed E-state index contributed by atoms with van der Waals surface area (Å²) < 4.78 is 23.0. The van der Waals surface area contributed by atoms with Gasteiger partial charge in [-0.3, -0.25) is 0 Å². The van der Waals surface area contributed by atoms with Crippen molar-refractivity contribution in [3.05, 3.63) is 33.4 Å². The number of amides is 1. The summed E-state index contributed by atoms with van der Waals surface area (Å²) >= 11 is -1.12. The van der Waals surface area contributed by atoms with Gasteiger partial charge in [-0.25, -0.2) is 19.2 Å². The monoisotopic (exact) mass is 639 g/mol. The highest BCUT2D eigenvalue weighted by molar-refractivity contribution is 14.2. The van der Waals surface area contributed by atoms with E-state index in [1.165, 1.54) is 13.5 Å². The lowest BCUT2D eigenvalue weighted by molar-refractivity contribution is -0.308. The van der Waals surface area contributed by atoms with Crippen molar-refractivity contribution in [2.24, 2.45) is 23.7 Å². The fourth-order valence-electron chi connectivity index (χ4n) is 6.55. The van der Waals surface area contributed by atoms with Crippen LogP contribution >= 0.6 is 20.7 Å². The number of benzene rings is 1. The molecule has 1 spiro atoms. The van der Waals surface area contributed by atoms with Crippen molar-refractivity contribution < 1.29 is 38.1 Å². The van der Waals surface area contributed by atoms with E-state index in [0.29, 0.717) is 11.8 Å². The van der Waals surface area contributed by atoms with E-state index in [-0.39, 0.29) is 21.8 Å². The number of hydrogen-bond acceptors (Lipinski definition) is 8. The van der Waals surface area contributed by atoms with Gasteiger partial charge in [0.15, 0.2) is 3.51 Å². The van der Waals surface area contributed by atoms with Crippen LogP contribution in [0.1, 0.15) is 58.4 Å². The average Bonchev–Trinajstić information content (AvgIpc) is 2.83. The zero-order chi connectivity index (χ0) is 27.2. The summed E-state index contributed by atoms with van der Waals surface area (Å²) in [6, 6.07) is 6.34. The number of halogens is 1. The van der Waals surface area contributed by atoms with Gasteiger partial charge in [0.2, 0.25) is 0 Å². The molecule has 1 saturated heterocycles. The normalized spacial score (nSPS) is 30.5. The Morgan fingerprint density at radius 3 is 2.05 bits per heavy atom. The Hall–Kier alpha value is -2.50. The molecule has 38 heavy (non-hydrogen) atoms. The Morgan fingerprint density at radius 2 is 1.55 bits per heavy atom. The number of hydrogen-bond donors (Lipinski definition) is 1. The average molecular weight is 639 g/mol. The van der Waals surface area contributed by atoms with Gasteiger partial charge in [-0.15, -0.1) is 0 Å². The van der Waals surface area contributed by atoms with Crippen molar-refractivity contribution in [1.82, 2.24) is 5.32 Å². The molecule has 1 N–H and O–H groups in total. The van der Waals surface area contributed by atoms with E-state index in [9.17, 15) is 19.2 Å². The first-order chi connectivity index (χ1) is 18.0. The molecule has 4 saturated carbocycles. The summed E-state index contributed by atoms with van der Waals surface area (Å²) in [7, 11) is 1.26. The van der Waals surface area contributed by atoms with Gasteiger partial charge in [-0.05, 0) is 82.4 Å². The first kappa shape index (κ1) is 27.1. The minimum atomic E-state index is -1.12. The molecule has 4 bridgehead atoms. The number of carbonyl (C=O) groups excluding carboxylic acids is 4. The van der Waals surface area contributed by atoms with E-state index in [2.05, 4.69) is 5.32 Å². The Balaban J connectivity index is 1.26. The highest BCUT2D eigenvalue weighted by Gasteiger charge is 2.64. The lowest BCUT2D eigenvalue weighted by atomic mass is 9.53. The van der Waals surface area contributed by atoms with Crippen LogP contribution in [-0.4, -0.2) is 52.0 Å². The Morgan fingerprint density at radius 1 is 1.00 bits per heavy atom. The number of alkyl carbamates (subject to hydrolysis) is 1. The Labute approximate surface area is 232 Å². The van der Waals surface area contributed by atoms with Crippen LogP contribution in [0, 0.1) is 27.2 Å². The van der Waals surface area contributed by atoms with E-state index < -0.39 is 62.2 Å². The second-order valence-electron chi connectivity index (χ2n) is 11.8. The van der Waals surface area contributed by atoms with Crippen molar-refractivity contribution in [3.63, 3.8) is 0 Å². The lowest BCUT2D eigenvalue weighted by Crippen LogP contribution is -2.65. The van der Waals surface area contributed by atoms with Crippen LogP contribution in [0.25, 0.3) is 0 Å². The minimum Gasteiger partial charge on any atom is -0.467 e. The molecule has 0 radical (unpaired) electrons. The van der Waals surface area contributed by atoms with E-state index in [1.54, 1.807) is 32.9 Å². The quantitative estimate of drug-likeness (QED) is 0.294. The van der Waals surface area contributed by atoms with Crippen molar-refractivity contribution in [2.75, 3.05) is 7.11 Å². The fourth-order valence-corrected chi connectivity index (χ4v) is 8.55. The van der Waals surface area contributed by atoms with Crippen LogP contribution < -0.4 is 5.32 Å². The number of carbonyl (C=O) groups is 4. The molecule has 1 aliphatic heterocycles. The number of rotatable bonds is 5. The van der Waals surface area contributed by atoms with Crippen LogP contribution in [0.4, 0.5) is 4.79 Å². The molecule has 6 rings (SSSR count). The van der Waals surface area contributed by atoms with Crippen molar-refractivity contribution in [3.8, 4) is 0 Å². The van der Waals surface area contributed by atoms with Crippen LogP contribution in [0.2, 0.25) is 0 Å². The molecule has 5 fully saturated rings. The van der Waals surface area contributed by atoms with Gasteiger partial charge in [0.05, 0.1) is 7.11 Å². The van der Waals surface area contributed by atoms with Gasteiger partial charge in [0.1, 0.15) is 11.6 Å². The first-order valence-corrected chi connectivity index (χ1v) is 15.3. The molecule has 1 aromatic carbocycles. The summed E-state index contributed by atoms with van der Waals surface area (Å²) in [6.45, 7) is 5.21. The van der Waals surface area contributed by atoms with Gasteiger partial charge in [-0.2, -0.15) is 0 Å². The van der Waals surface area contributed by atoms with Crippen LogP contribution in [0.5, 0.6) is 0 Å². The molecule has 9 nitrogen and oxygen atoms in total. The summed E-state index contributed by atoms with van der Waals surface area (Å²) in [6.07, 6.45) is 4.60. The molecule has 5 aliphatic rings. The molecule has 1 atom stereocenters. The summed E-state index contributed by atoms with van der Waals surface area (Å²) in [5.74, 6) is -1.16. The predicted octanol–water partition coefficient (Wildman–Crippen LogP) is 3.86. The Bertz CT molecular complexity index is 1120. The minimum absolute atomic E-state index is 0.106. The maximum atomic E-state index is 13.1. The molecule has 1 aromatic rings. The van der Waals surface area contributed by atoms with E-state index in [1.807, 2.05) is 12.1 Å². The number of nitrogens with one attached hydrogen (secondary N) is 1. The van der Waals surface area contributed by atoms with Crippen LogP contribution in [0.3, 0.4) is 0 Å². The molecule has 0 aromatic heterocycles. The molecule has 1 heterocycles. The zero-order valence-electron chi connectivity index (χ0n) is 22.1. The van der Waals surface area contributed by atoms with Gasteiger partial charge in [0, 0.05) is 21.8 Å². The summed E-state index contributed by atoms with van der Waals surface area (Å²) in [5, 5.41) is 2.56. The molecular weight excluding hydrogens is 605 g/mol. The molecular formula is C28H34INO8. The molecule has 206 valence electrons. The topological polar surface area (TPSA) is 117 Å². The van der Waals surface area contributed by atoms with Gasteiger partial charge < -0.3 is 24.3 Å². The summed E-state index contributed by atoms with van der Waals surface area (Å²) in [5.41, 5.74) is 0.0702. The predicted molar refractivity (Wildman–Crippen MR) is 145 cm³/mol. The third-order valence-electron chi connectivity index (χ3n) is 7.87. The van der Waals surface area contributed by atoms with Gasteiger partial charge >= 0.3 is 24.0 Å². The third-order valence-corrected chi connectivity index (χ3v) is 10.6. The lowest BCUT2D eigenvalue weighted by Gasteiger charge is -2.59. The second-order valence-corrected chi connectivity index (χ2v) is 14.6. The van der Waals surface area contributed by atoms with Crippen molar-refractivity contribution in [2.45, 2.75) is 76.7 Å². The first-order valence-electron chi connectivity index (χ1n) is 13.1. The maximum absolute atomic E-state index is 13.1. The van der Waals surface area contributed by atoms with E-state index >= 15 is 0 Å². The van der Waals surface area contributed by atoms with Gasteiger partial charge in [-0.1, -0.05) is 32.9 Å². The number of methoxy groups -OCH3 is 1. The summed E-state index contributed by atoms with van der Waals surface area (Å²) in [4.78, 5) is 50.6. The highest BCUT2D eigenvalue weighted by atomic mass is 127. The SMILES string of the molecule is COC(=O)[C@H](Cc1ccc(I=C2C(=O)OC3(OC2=O)C2CC4CC(C2)CC3C4)cc1)NC(=O)OC(C)(C)C. The standard InChI is InChI=1S/C28H34INO8/c1-27(2,3)38-26(34)30-21(23(31)35-4)14-15-5-7-20(8-6-15)29-22-24(32)36-28(37-25(22)33)18-10-16-9-17(12-18)13-19(28)11-16/h5-8,16-19,21H,9-14H2,1-4H3,(H,30,34)/t16?,17?,18?,19?,21-/m0/s1. The van der Waals surface area contributed by atoms with Crippen molar-refractivity contribution in [1.29, 1.82) is 0 Å². The van der Waals surface area contributed by atoms with E-state index in [0.717, 1.165) is 34.8 Å². The zero-order valence-corrected chi connectivity index (χ0v) is 24.2. The number of ether oxygens (including phenoxy) is 4. The van der Waals surface area contributed by atoms with Crippen LogP contribution in [0.15, 0.2) is 24.3 Å². The smallest absolute Gasteiger partial charge is 0.408 e. The second kappa shape index (κ2) is 10.2. The van der Waals surface area contributed by atoms with Crippen LogP contribution in [-0.2, 0) is 39.8 Å².